The van der Waals surface area contributed by atoms with E-state index < -0.39 is 0 Å². The first-order valence-electron chi connectivity index (χ1n) is 4.61. The maximum absolute atomic E-state index is 5.18. The van der Waals surface area contributed by atoms with E-state index in [0.29, 0.717) is 0 Å². The highest BCUT2D eigenvalue weighted by Crippen LogP contribution is 2.23. The molecule has 2 rings (SSSR count). The predicted octanol–water partition coefficient (Wildman–Crippen LogP) is 3.77. The minimum absolute atomic E-state index is 0.863. The SMILES string of the molecule is COc1cc[c]c(-c2ccc(I)cc2)c1. The molecule has 2 aromatic rings. The lowest BCUT2D eigenvalue weighted by Gasteiger charge is -2.04. The van der Waals surface area contributed by atoms with Crippen LogP contribution in [0.3, 0.4) is 0 Å². The van der Waals surface area contributed by atoms with Crippen LogP contribution in [0.1, 0.15) is 0 Å². The number of rotatable bonds is 2. The Labute approximate surface area is 103 Å². The monoisotopic (exact) mass is 309 g/mol. The summed E-state index contributed by atoms with van der Waals surface area (Å²) in [7, 11) is 1.67. The Kier molecular flexibility index (Phi) is 3.26. The van der Waals surface area contributed by atoms with Crippen molar-refractivity contribution in [2.75, 3.05) is 7.11 Å². The highest BCUT2D eigenvalue weighted by atomic mass is 127. The van der Waals surface area contributed by atoms with Crippen LogP contribution in [0.4, 0.5) is 0 Å². The maximum atomic E-state index is 5.18. The van der Waals surface area contributed by atoms with E-state index in [1.165, 1.54) is 3.57 Å². The normalized spacial score (nSPS) is 10.0. The number of methoxy groups -OCH3 is 1. The Morgan fingerprint density at radius 3 is 2.53 bits per heavy atom. The van der Waals surface area contributed by atoms with Gasteiger partial charge in [-0.15, -0.1) is 0 Å². The second kappa shape index (κ2) is 4.66. The fourth-order valence-electron chi connectivity index (χ4n) is 1.37. The molecular formula is C13H10IO. The summed E-state index contributed by atoms with van der Waals surface area (Å²) in [6, 6.07) is 17.3. The van der Waals surface area contributed by atoms with E-state index in [0.717, 1.165) is 16.9 Å². The van der Waals surface area contributed by atoms with Crippen molar-refractivity contribution in [3.05, 3.63) is 52.1 Å². The molecule has 0 aliphatic heterocycles. The Hall–Kier alpha value is -1.03. The van der Waals surface area contributed by atoms with Crippen LogP contribution in [0.5, 0.6) is 5.75 Å². The van der Waals surface area contributed by atoms with Gasteiger partial charge in [0.2, 0.25) is 0 Å². The summed E-state index contributed by atoms with van der Waals surface area (Å²) in [5, 5.41) is 0. The van der Waals surface area contributed by atoms with Gasteiger partial charge in [0.25, 0.3) is 0 Å². The maximum Gasteiger partial charge on any atom is 0.119 e. The lowest BCUT2D eigenvalue weighted by Crippen LogP contribution is -1.84. The zero-order valence-electron chi connectivity index (χ0n) is 8.33. The van der Waals surface area contributed by atoms with Crippen molar-refractivity contribution in [3.63, 3.8) is 0 Å². The molecule has 0 aromatic heterocycles. The Morgan fingerprint density at radius 1 is 1.13 bits per heavy atom. The van der Waals surface area contributed by atoms with Crippen LogP contribution in [-0.4, -0.2) is 7.11 Å². The summed E-state index contributed by atoms with van der Waals surface area (Å²) in [6.45, 7) is 0. The summed E-state index contributed by atoms with van der Waals surface area (Å²) in [5.74, 6) is 0.863. The van der Waals surface area contributed by atoms with Crippen molar-refractivity contribution >= 4 is 22.6 Å². The first-order valence-corrected chi connectivity index (χ1v) is 5.69. The molecule has 0 aliphatic rings. The standard InChI is InChI=1S/C13H10IO/c1-15-13-4-2-3-11(9-13)10-5-7-12(14)8-6-10/h2,4-9H,1H3. The first kappa shape index (κ1) is 10.5. The first-order chi connectivity index (χ1) is 7.29. The van der Waals surface area contributed by atoms with Crippen molar-refractivity contribution in [2.24, 2.45) is 0 Å². The molecule has 0 saturated carbocycles. The van der Waals surface area contributed by atoms with Gasteiger partial charge in [-0.25, -0.2) is 0 Å². The number of halogens is 1. The molecule has 2 heteroatoms. The average molecular weight is 309 g/mol. The third-order valence-corrected chi connectivity index (χ3v) is 2.88. The molecule has 1 radical (unpaired) electrons. The number of hydrogen-bond donors (Lipinski definition) is 0. The molecule has 0 spiro atoms. The van der Waals surface area contributed by atoms with Crippen molar-refractivity contribution in [3.8, 4) is 16.9 Å². The quantitative estimate of drug-likeness (QED) is 0.767. The van der Waals surface area contributed by atoms with Crippen LogP contribution >= 0.6 is 22.6 Å². The van der Waals surface area contributed by atoms with Gasteiger partial charge in [0.1, 0.15) is 5.75 Å². The van der Waals surface area contributed by atoms with Crippen molar-refractivity contribution in [2.45, 2.75) is 0 Å². The molecule has 1 nitrogen and oxygen atoms in total. The third-order valence-electron chi connectivity index (χ3n) is 2.16. The van der Waals surface area contributed by atoms with E-state index in [2.05, 4.69) is 52.9 Å². The molecule has 0 unspecified atom stereocenters. The molecule has 15 heavy (non-hydrogen) atoms. The second-order valence-electron chi connectivity index (χ2n) is 3.15. The van der Waals surface area contributed by atoms with Gasteiger partial charge >= 0.3 is 0 Å². The summed E-state index contributed by atoms with van der Waals surface area (Å²) in [6.07, 6.45) is 0. The van der Waals surface area contributed by atoms with E-state index in [9.17, 15) is 0 Å². The average Bonchev–Trinajstić information content (AvgIpc) is 2.30. The number of hydrogen-bond acceptors (Lipinski definition) is 1. The van der Waals surface area contributed by atoms with Gasteiger partial charge in [0.15, 0.2) is 0 Å². The summed E-state index contributed by atoms with van der Waals surface area (Å²) < 4.78 is 6.41. The third kappa shape index (κ3) is 2.50. The van der Waals surface area contributed by atoms with E-state index in [4.69, 9.17) is 4.74 Å². The van der Waals surface area contributed by atoms with Crippen molar-refractivity contribution < 1.29 is 4.74 Å². The summed E-state index contributed by atoms with van der Waals surface area (Å²) in [5.41, 5.74) is 2.22. The van der Waals surface area contributed by atoms with Crippen LogP contribution < -0.4 is 4.74 Å². The van der Waals surface area contributed by atoms with Crippen LogP contribution in [0.15, 0.2) is 42.5 Å². The lowest BCUT2D eigenvalue weighted by molar-refractivity contribution is 0.415. The van der Waals surface area contributed by atoms with Crippen LogP contribution in [0.25, 0.3) is 11.1 Å². The van der Waals surface area contributed by atoms with Gasteiger partial charge in [-0.2, -0.15) is 0 Å². The van der Waals surface area contributed by atoms with Crippen LogP contribution in [0.2, 0.25) is 0 Å². The molecule has 2 aromatic carbocycles. The minimum atomic E-state index is 0.863. The fourth-order valence-corrected chi connectivity index (χ4v) is 1.73. The Balaban J connectivity index is 2.40. The molecule has 0 N–H and O–H groups in total. The number of benzene rings is 2. The molecule has 75 valence electrons. The Morgan fingerprint density at radius 2 is 1.87 bits per heavy atom. The lowest BCUT2D eigenvalue weighted by atomic mass is 10.1. The van der Waals surface area contributed by atoms with Gasteiger partial charge < -0.3 is 4.74 Å². The fraction of sp³-hybridized carbons (Fsp3) is 0.0769. The zero-order chi connectivity index (χ0) is 10.7. The largest absolute Gasteiger partial charge is 0.497 e. The molecule has 0 saturated heterocycles. The van der Waals surface area contributed by atoms with Crippen molar-refractivity contribution in [1.29, 1.82) is 0 Å². The molecule has 0 amide bonds. The van der Waals surface area contributed by atoms with Crippen LogP contribution in [0, 0.1) is 9.64 Å². The second-order valence-corrected chi connectivity index (χ2v) is 4.39. The molecule has 0 bridgehead atoms. The molecule has 0 heterocycles. The molecular weight excluding hydrogens is 299 g/mol. The summed E-state index contributed by atoms with van der Waals surface area (Å²) in [4.78, 5) is 0. The van der Waals surface area contributed by atoms with Gasteiger partial charge in [-0.1, -0.05) is 18.2 Å². The van der Waals surface area contributed by atoms with E-state index in [1.807, 2.05) is 18.2 Å². The predicted molar refractivity (Wildman–Crippen MR) is 70.0 cm³/mol. The minimum Gasteiger partial charge on any atom is -0.497 e. The smallest absolute Gasteiger partial charge is 0.119 e. The highest BCUT2D eigenvalue weighted by molar-refractivity contribution is 14.1. The van der Waals surface area contributed by atoms with Gasteiger partial charge in [0.05, 0.1) is 7.11 Å². The molecule has 0 aliphatic carbocycles. The highest BCUT2D eigenvalue weighted by Gasteiger charge is 1.99. The topological polar surface area (TPSA) is 9.23 Å². The molecule has 0 fully saturated rings. The zero-order valence-corrected chi connectivity index (χ0v) is 10.5. The van der Waals surface area contributed by atoms with E-state index in [1.54, 1.807) is 7.11 Å². The van der Waals surface area contributed by atoms with Gasteiger partial charge in [-0.05, 0) is 64.0 Å². The Bertz CT molecular complexity index is 448. The summed E-state index contributed by atoms with van der Waals surface area (Å²) >= 11 is 2.30. The van der Waals surface area contributed by atoms with E-state index >= 15 is 0 Å². The van der Waals surface area contributed by atoms with Gasteiger partial charge in [-0.3, -0.25) is 0 Å². The van der Waals surface area contributed by atoms with E-state index in [-0.39, 0.29) is 0 Å². The van der Waals surface area contributed by atoms with Crippen LogP contribution in [-0.2, 0) is 0 Å². The molecule has 0 atom stereocenters. The van der Waals surface area contributed by atoms with Gasteiger partial charge in [0, 0.05) is 3.57 Å². The number of ether oxygens (including phenoxy) is 1. The van der Waals surface area contributed by atoms with Crippen molar-refractivity contribution in [1.82, 2.24) is 0 Å².